The predicted molar refractivity (Wildman–Crippen MR) is 76.2 cm³/mol. The molecule has 0 bridgehead atoms. The van der Waals surface area contributed by atoms with Gasteiger partial charge in [-0.25, -0.2) is 4.79 Å². The highest BCUT2D eigenvalue weighted by atomic mass is 16.6. The second-order valence-electron chi connectivity index (χ2n) is 7.60. The Balaban J connectivity index is 2.03. The van der Waals surface area contributed by atoms with E-state index in [0.717, 1.165) is 19.5 Å². The maximum Gasteiger partial charge on any atom is 0.410 e. The minimum absolute atomic E-state index is 0.155. The van der Waals surface area contributed by atoms with Crippen molar-refractivity contribution < 1.29 is 9.53 Å². The maximum atomic E-state index is 12.2. The zero-order chi connectivity index (χ0) is 14.5. The lowest BCUT2D eigenvalue weighted by atomic mass is 9.54. The molecule has 4 nitrogen and oxygen atoms in total. The smallest absolute Gasteiger partial charge is 0.410 e. The number of amides is 1. The van der Waals surface area contributed by atoms with Gasteiger partial charge < -0.3 is 14.5 Å². The Bertz CT molecular complexity index is 375. The molecule has 0 N–H and O–H groups in total. The first-order valence-corrected chi connectivity index (χ1v) is 7.25. The molecule has 4 heteroatoms. The van der Waals surface area contributed by atoms with Gasteiger partial charge in [0.25, 0.3) is 0 Å². The van der Waals surface area contributed by atoms with E-state index in [0.29, 0.717) is 0 Å². The molecule has 0 aromatic carbocycles. The molecule has 1 aliphatic carbocycles. The molecular weight excluding hydrogens is 240 g/mol. The molecule has 1 amide bonds. The molecule has 110 valence electrons. The molecule has 1 saturated carbocycles. The summed E-state index contributed by atoms with van der Waals surface area (Å²) in [4.78, 5) is 16.4. The van der Waals surface area contributed by atoms with Crippen molar-refractivity contribution in [2.75, 3.05) is 27.2 Å². The van der Waals surface area contributed by atoms with Crippen LogP contribution >= 0.6 is 0 Å². The Kier molecular flexibility index (Phi) is 3.37. The van der Waals surface area contributed by atoms with Gasteiger partial charge in [0.1, 0.15) is 5.60 Å². The van der Waals surface area contributed by atoms with Gasteiger partial charge in [-0.2, -0.15) is 0 Å². The van der Waals surface area contributed by atoms with Crippen LogP contribution in [-0.2, 0) is 4.74 Å². The van der Waals surface area contributed by atoms with Crippen LogP contribution in [0.15, 0.2) is 0 Å². The average Bonchev–Trinajstić information content (AvgIpc) is 2.71. The molecule has 2 aliphatic rings. The van der Waals surface area contributed by atoms with Crippen molar-refractivity contribution in [3.8, 4) is 0 Å². The lowest BCUT2D eigenvalue weighted by Crippen LogP contribution is -2.64. The number of rotatable bonds is 1. The van der Waals surface area contributed by atoms with E-state index in [1.807, 2.05) is 25.7 Å². The SMILES string of the molecule is CN(C)C1(C)CC[C@@]12CCN(C(=O)OC(C)(C)C)C2. The minimum Gasteiger partial charge on any atom is -0.444 e. The van der Waals surface area contributed by atoms with Crippen molar-refractivity contribution in [2.45, 2.75) is 58.1 Å². The Labute approximate surface area is 117 Å². The summed E-state index contributed by atoms with van der Waals surface area (Å²) in [6.45, 7) is 9.77. The summed E-state index contributed by atoms with van der Waals surface area (Å²) in [5.74, 6) is 0. The number of nitrogens with zero attached hydrogens (tertiary/aromatic N) is 2. The Morgan fingerprint density at radius 3 is 2.26 bits per heavy atom. The molecular formula is C15H28N2O2. The zero-order valence-corrected chi connectivity index (χ0v) is 13.2. The fraction of sp³-hybridized carbons (Fsp3) is 0.933. The van der Waals surface area contributed by atoms with E-state index in [1.165, 1.54) is 12.8 Å². The molecule has 0 aromatic rings. The number of ether oxygens (including phenoxy) is 1. The number of hydrogen-bond donors (Lipinski definition) is 0. The van der Waals surface area contributed by atoms with E-state index in [2.05, 4.69) is 25.9 Å². The van der Waals surface area contributed by atoms with Crippen LogP contribution in [0.1, 0.15) is 47.0 Å². The van der Waals surface area contributed by atoms with Crippen LogP contribution in [0.3, 0.4) is 0 Å². The van der Waals surface area contributed by atoms with Crippen molar-refractivity contribution in [3.63, 3.8) is 0 Å². The summed E-state index contributed by atoms with van der Waals surface area (Å²) >= 11 is 0. The summed E-state index contributed by atoms with van der Waals surface area (Å²) < 4.78 is 5.49. The van der Waals surface area contributed by atoms with Crippen molar-refractivity contribution in [3.05, 3.63) is 0 Å². The van der Waals surface area contributed by atoms with E-state index < -0.39 is 5.60 Å². The summed E-state index contributed by atoms with van der Waals surface area (Å²) in [5.41, 5.74) is 0.0917. The first-order valence-electron chi connectivity index (χ1n) is 7.25. The van der Waals surface area contributed by atoms with Gasteiger partial charge in [-0.3, -0.25) is 0 Å². The minimum atomic E-state index is -0.405. The van der Waals surface area contributed by atoms with Crippen molar-refractivity contribution in [1.29, 1.82) is 0 Å². The van der Waals surface area contributed by atoms with E-state index >= 15 is 0 Å². The Hall–Kier alpha value is -0.770. The topological polar surface area (TPSA) is 32.8 Å². The van der Waals surface area contributed by atoms with Crippen molar-refractivity contribution >= 4 is 6.09 Å². The summed E-state index contributed by atoms with van der Waals surface area (Å²) in [6.07, 6.45) is 3.39. The number of carbonyl (C=O) groups is 1. The molecule has 2 fully saturated rings. The lowest BCUT2D eigenvalue weighted by Gasteiger charge is -2.59. The quantitative estimate of drug-likeness (QED) is 0.733. The number of carbonyl (C=O) groups excluding carboxylic acids is 1. The molecule has 1 unspecified atom stereocenters. The van der Waals surface area contributed by atoms with Crippen molar-refractivity contribution in [2.24, 2.45) is 5.41 Å². The summed E-state index contributed by atoms with van der Waals surface area (Å²) in [5, 5.41) is 0. The second kappa shape index (κ2) is 4.37. The highest BCUT2D eigenvalue weighted by Crippen LogP contribution is 2.57. The summed E-state index contributed by atoms with van der Waals surface area (Å²) in [6, 6.07) is 0. The van der Waals surface area contributed by atoms with Crippen molar-refractivity contribution in [1.82, 2.24) is 9.80 Å². The molecule has 0 radical (unpaired) electrons. The van der Waals surface area contributed by atoms with E-state index in [9.17, 15) is 4.79 Å². The third-order valence-electron chi connectivity index (χ3n) is 5.23. The second-order valence-corrected chi connectivity index (χ2v) is 7.60. The van der Waals surface area contributed by atoms with E-state index in [1.54, 1.807) is 0 Å². The number of hydrogen-bond acceptors (Lipinski definition) is 3. The van der Waals surface area contributed by atoms with Gasteiger partial charge in [0.2, 0.25) is 0 Å². The highest BCUT2D eigenvalue weighted by Gasteiger charge is 2.60. The van der Waals surface area contributed by atoms with Gasteiger partial charge in [-0.05, 0) is 61.1 Å². The van der Waals surface area contributed by atoms with Gasteiger partial charge in [-0.15, -0.1) is 0 Å². The standard InChI is InChI=1S/C15H28N2O2/c1-13(2,3)19-12(18)17-10-9-15(11-17)8-7-14(15,4)16(5)6/h7-11H2,1-6H3/t14?,15-/m0/s1. The fourth-order valence-corrected chi connectivity index (χ4v) is 3.54. The third kappa shape index (κ3) is 2.35. The van der Waals surface area contributed by atoms with Gasteiger partial charge in [0.05, 0.1) is 0 Å². The average molecular weight is 268 g/mol. The predicted octanol–water partition coefficient (Wildman–Crippen LogP) is 2.73. The van der Waals surface area contributed by atoms with Crippen LogP contribution < -0.4 is 0 Å². The Morgan fingerprint density at radius 1 is 1.21 bits per heavy atom. The van der Waals surface area contributed by atoms with Gasteiger partial charge in [-0.1, -0.05) is 0 Å². The molecule has 1 aliphatic heterocycles. The fourth-order valence-electron chi connectivity index (χ4n) is 3.54. The molecule has 1 spiro atoms. The molecule has 1 heterocycles. The maximum absolute atomic E-state index is 12.2. The molecule has 1 saturated heterocycles. The molecule has 2 atom stereocenters. The molecule has 0 aromatic heterocycles. The van der Waals surface area contributed by atoms with Crippen LogP contribution in [0.2, 0.25) is 0 Å². The third-order valence-corrected chi connectivity index (χ3v) is 5.23. The van der Waals surface area contributed by atoms with E-state index in [-0.39, 0.29) is 17.0 Å². The van der Waals surface area contributed by atoms with Crippen LogP contribution in [0.25, 0.3) is 0 Å². The zero-order valence-electron chi connectivity index (χ0n) is 13.2. The Morgan fingerprint density at radius 2 is 1.84 bits per heavy atom. The van der Waals surface area contributed by atoms with Crippen LogP contribution in [0.5, 0.6) is 0 Å². The molecule has 19 heavy (non-hydrogen) atoms. The largest absolute Gasteiger partial charge is 0.444 e. The van der Waals surface area contributed by atoms with E-state index in [4.69, 9.17) is 4.74 Å². The van der Waals surface area contributed by atoms with Gasteiger partial charge in [0.15, 0.2) is 0 Å². The van der Waals surface area contributed by atoms with Crippen LogP contribution in [0, 0.1) is 5.41 Å². The van der Waals surface area contributed by atoms with Gasteiger partial charge >= 0.3 is 6.09 Å². The van der Waals surface area contributed by atoms with Crippen LogP contribution in [0.4, 0.5) is 4.79 Å². The summed E-state index contributed by atoms with van der Waals surface area (Å²) in [7, 11) is 4.30. The molecule has 2 rings (SSSR count). The van der Waals surface area contributed by atoms with Crippen LogP contribution in [-0.4, -0.2) is 54.2 Å². The number of likely N-dealkylation sites (tertiary alicyclic amines) is 1. The first kappa shape index (κ1) is 14.6. The van der Waals surface area contributed by atoms with Gasteiger partial charge in [0, 0.05) is 24.0 Å². The normalized spacial score (nSPS) is 34.8. The monoisotopic (exact) mass is 268 g/mol. The lowest BCUT2D eigenvalue weighted by molar-refractivity contribution is -0.0800. The highest BCUT2D eigenvalue weighted by molar-refractivity contribution is 5.68. The first-order chi connectivity index (χ1) is 8.60.